The fourth-order valence-corrected chi connectivity index (χ4v) is 2.36. The molecule has 1 aliphatic rings. The number of nitrogens with one attached hydrogen (secondary N) is 1. The first-order chi connectivity index (χ1) is 10.6. The summed E-state index contributed by atoms with van der Waals surface area (Å²) in [4.78, 5) is 11.9. The Morgan fingerprint density at radius 3 is 2.77 bits per heavy atom. The predicted molar refractivity (Wildman–Crippen MR) is 80.5 cm³/mol. The molecule has 2 atom stereocenters. The molecule has 22 heavy (non-hydrogen) atoms. The number of amidine groups is 1. The summed E-state index contributed by atoms with van der Waals surface area (Å²) in [5, 5.41) is 24.7. The van der Waals surface area contributed by atoms with Crippen molar-refractivity contribution in [1.82, 2.24) is 5.32 Å². The van der Waals surface area contributed by atoms with Gasteiger partial charge < -0.3 is 26.1 Å². The summed E-state index contributed by atoms with van der Waals surface area (Å²) in [5.41, 5.74) is 6.61. The van der Waals surface area contributed by atoms with Crippen LogP contribution in [0.1, 0.15) is 30.1 Å². The molecule has 0 bridgehead atoms. The van der Waals surface area contributed by atoms with Crippen LogP contribution >= 0.6 is 0 Å². The van der Waals surface area contributed by atoms with E-state index in [0.29, 0.717) is 17.7 Å². The highest BCUT2D eigenvalue weighted by Gasteiger charge is 2.23. The molecule has 0 saturated carbocycles. The van der Waals surface area contributed by atoms with Gasteiger partial charge in [-0.15, -0.1) is 0 Å². The van der Waals surface area contributed by atoms with Gasteiger partial charge in [0.2, 0.25) is 0 Å². The number of oxime groups is 1. The molecule has 0 aliphatic carbocycles. The van der Waals surface area contributed by atoms with Crippen LogP contribution in [0.15, 0.2) is 29.4 Å². The number of benzene rings is 1. The maximum atomic E-state index is 11.9. The predicted octanol–water partition coefficient (Wildman–Crippen LogP) is 0.357. The van der Waals surface area contributed by atoms with Gasteiger partial charge in [0.1, 0.15) is 12.7 Å². The van der Waals surface area contributed by atoms with Crippen LogP contribution in [0.4, 0.5) is 0 Å². The van der Waals surface area contributed by atoms with Crippen LogP contribution in [0.25, 0.3) is 0 Å². The molecule has 0 aromatic heterocycles. The Bertz CT molecular complexity index is 524. The Morgan fingerprint density at radius 1 is 1.45 bits per heavy atom. The quantitative estimate of drug-likeness (QED) is 0.205. The second-order valence-corrected chi connectivity index (χ2v) is 5.30. The van der Waals surface area contributed by atoms with Crippen LogP contribution in [0.2, 0.25) is 0 Å². The number of aliphatic hydroxyl groups is 1. The minimum atomic E-state index is -0.901. The Balaban J connectivity index is 1.86. The molecule has 7 nitrogen and oxygen atoms in total. The van der Waals surface area contributed by atoms with Gasteiger partial charge in [-0.3, -0.25) is 4.79 Å². The van der Waals surface area contributed by atoms with E-state index in [1.54, 1.807) is 24.3 Å². The van der Waals surface area contributed by atoms with Gasteiger partial charge in [-0.05, 0) is 24.9 Å². The van der Waals surface area contributed by atoms with Gasteiger partial charge in [0, 0.05) is 12.1 Å². The van der Waals surface area contributed by atoms with Crippen LogP contribution in [-0.4, -0.2) is 41.8 Å². The zero-order chi connectivity index (χ0) is 15.9. The third-order valence-corrected chi connectivity index (χ3v) is 3.71. The minimum absolute atomic E-state index is 0.00253. The first-order valence-corrected chi connectivity index (χ1v) is 7.25. The van der Waals surface area contributed by atoms with E-state index in [2.05, 4.69) is 10.5 Å². The van der Waals surface area contributed by atoms with E-state index in [0.717, 1.165) is 19.4 Å². The molecule has 1 aromatic rings. The van der Waals surface area contributed by atoms with E-state index in [4.69, 9.17) is 15.7 Å². The molecule has 2 unspecified atom stereocenters. The summed E-state index contributed by atoms with van der Waals surface area (Å²) in [6, 6.07) is 6.54. The van der Waals surface area contributed by atoms with Gasteiger partial charge in [-0.25, -0.2) is 0 Å². The maximum Gasteiger partial charge on any atom is 0.310 e. The number of rotatable bonds is 5. The van der Waals surface area contributed by atoms with Crippen molar-refractivity contribution in [3.05, 3.63) is 35.4 Å². The van der Waals surface area contributed by atoms with Gasteiger partial charge >= 0.3 is 5.97 Å². The van der Waals surface area contributed by atoms with Gasteiger partial charge in [-0.1, -0.05) is 29.4 Å². The molecule has 7 heteroatoms. The van der Waals surface area contributed by atoms with E-state index in [1.807, 2.05) is 0 Å². The number of carbonyl (C=O) groups excluding carboxylic acids is 1. The lowest BCUT2D eigenvalue weighted by atomic mass is 10.00. The summed E-state index contributed by atoms with van der Waals surface area (Å²) in [6.45, 7) is 1.47. The first-order valence-electron chi connectivity index (χ1n) is 7.25. The molecule has 5 N–H and O–H groups in total. The Morgan fingerprint density at radius 2 is 2.18 bits per heavy atom. The Kier molecular flexibility index (Phi) is 5.74. The fraction of sp³-hybridized carbons (Fsp3) is 0.467. The fourth-order valence-electron chi connectivity index (χ4n) is 2.36. The molecule has 0 spiro atoms. The Labute approximate surface area is 128 Å². The third kappa shape index (κ3) is 4.19. The molecule has 1 heterocycles. The standard InChI is InChI=1S/C15H21N3O4/c16-14(18-21)11-5-3-10(4-6-11)13(19)9-22-15(20)12-2-1-7-17-8-12/h3-6,12-13,17,19,21H,1-2,7-9H2,(H2,16,18). The van der Waals surface area contributed by atoms with Crippen molar-refractivity contribution >= 4 is 11.8 Å². The van der Waals surface area contributed by atoms with Crippen molar-refractivity contribution in [2.45, 2.75) is 18.9 Å². The van der Waals surface area contributed by atoms with Crippen LogP contribution in [0, 0.1) is 5.92 Å². The van der Waals surface area contributed by atoms with Crippen LogP contribution in [0.5, 0.6) is 0 Å². The van der Waals surface area contributed by atoms with E-state index in [1.165, 1.54) is 0 Å². The summed E-state index contributed by atoms with van der Waals surface area (Å²) in [7, 11) is 0. The van der Waals surface area contributed by atoms with E-state index >= 15 is 0 Å². The van der Waals surface area contributed by atoms with Gasteiger partial charge in [0.25, 0.3) is 0 Å². The van der Waals surface area contributed by atoms with Crippen molar-refractivity contribution in [3.8, 4) is 0 Å². The van der Waals surface area contributed by atoms with E-state index in [-0.39, 0.29) is 24.3 Å². The third-order valence-electron chi connectivity index (χ3n) is 3.71. The van der Waals surface area contributed by atoms with E-state index < -0.39 is 6.10 Å². The molecule has 2 rings (SSSR count). The highest BCUT2D eigenvalue weighted by Crippen LogP contribution is 2.17. The maximum absolute atomic E-state index is 11.9. The summed E-state index contributed by atoms with van der Waals surface area (Å²) < 4.78 is 5.18. The first kappa shape index (κ1) is 16.3. The smallest absolute Gasteiger partial charge is 0.310 e. The van der Waals surface area contributed by atoms with Gasteiger partial charge in [0.15, 0.2) is 5.84 Å². The molecular formula is C15H21N3O4. The van der Waals surface area contributed by atoms with Crippen molar-refractivity contribution in [2.24, 2.45) is 16.8 Å². The van der Waals surface area contributed by atoms with Gasteiger partial charge in [-0.2, -0.15) is 0 Å². The second kappa shape index (κ2) is 7.77. The number of carbonyl (C=O) groups is 1. The number of ether oxygens (including phenoxy) is 1. The topological polar surface area (TPSA) is 117 Å². The second-order valence-electron chi connectivity index (χ2n) is 5.30. The number of piperidine rings is 1. The lowest BCUT2D eigenvalue weighted by molar-refractivity contribution is -0.152. The molecule has 1 aliphatic heterocycles. The van der Waals surface area contributed by atoms with Crippen LogP contribution in [0.3, 0.4) is 0 Å². The van der Waals surface area contributed by atoms with E-state index in [9.17, 15) is 9.90 Å². The van der Waals surface area contributed by atoms with Crippen molar-refractivity contribution < 1.29 is 19.8 Å². The number of hydrogen-bond acceptors (Lipinski definition) is 6. The summed E-state index contributed by atoms with van der Waals surface area (Å²) in [6.07, 6.45) is 0.871. The summed E-state index contributed by atoms with van der Waals surface area (Å²) in [5.74, 6) is -0.416. The van der Waals surface area contributed by atoms with Crippen molar-refractivity contribution in [2.75, 3.05) is 19.7 Å². The van der Waals surface area contributed by atoms with Gasteiger partial charge in [0.05, 0.1) is 5.92 Å². The molecule has 120 valence electrons. The van der Waals surface area contributed by atoms with Crippen LogP contribution in [-0.2, 0) is 9.53 Å². The SMILES string of the molecule is N/C(=N\O)c1ccc(C(O)COC(=O)C2CCCNC2)cc1. The molecular weight excluding hydrogens is 286 g/mol. The minimum Gasteiger partial charge on any atom is -0.462 e. The molecule has 0 radical (unpaired) electrons. The largest absolute Gasteiger partial charge is 0.462 e. The number of esters is 1. The zero-order valence-corrected chi connectivity index (χ0v) is 12.2. The number of nitrogens with zero attached hydrogens (tertiary/aromatic N) is 1. The monoisotopic (exact) mass is 307 g/mol. The lowest BCUT2D eigenvalue weighted by Gasteiger charge is -2.22. The van der Waals surface area contributed by atoms with Crippen LogP contribution < -0.4 is 11.1 Å². The summed E-state index contributed by atoms with van der Waals surface area (Å²) >= 11 is 0. The molecule has 0 amide bonds. The lowest BCUT2D eigenvalue weighted by Crippen LogP contribution is -2.35. The highest BCUT2D eigenvalue weighted by molar-refractivity contribution is 5.96. The molecule has 1 aromatic carbocycles. The molecule has 1 fully saturated rings. The van der Waals surface area contributed by atoms with Crippen molar-refractivity contribution in [3.63, 3.8) is 0 Å². The average Bonchev–Trinajstić information content (AvgIpc) is 2.59. The number of hydrogen-bond donors (Lipinski definition) is 4. The normalized spacial score (nSPS) is 20.4. The zero-order valence-electron chi connectivity index (χ0n) is 12.2. The number of aliphatic hydroxyl groups excluding tert-OH is 1. The number of nitrogens with two attached hydrogens (primary N) is 1. The average molecular weight is 307 g/mol. The van der Waals surface area contributed by atoms with Crippen molar-refractivity contribution in [1.29, 1.82) is 0 Å². The highest BCUT2D eigenvalue weighted by atomic mass is 16.5. The molecule has 1 saturated heterocycles. The Hall–Kier alpha value is -2.12.